The first kappa shape index (κ1) is 13.3. The predicted octanol–water partition coefficient (Wildman–Crippen LogP) is 4.66. The van der Waals surface area contributed by atoms with Gasteiger partial charge < -0.3 is 0 Å². The van der Waals surface area contributed by atoms with Crippen molar-refractivity contribution in [2.75, 3.05) is 0 Å². The highest BCUT2D eigenvalue weighted by Crippen LogP contribution is 2.34. The third kappa shape index (κ3) is 2.48. The molecule has 0 amide bonds. The highest BCUT2D eigenvalue weighted by atomic mass is 35.5. The third-order valence-electron chi connectivity index (χ3n) is 2.29. The van der Waals surface area contributed by atoms with Crippen LogP contribution in [-0.4, -0.2) is 11.3 Å². The van der Waals surface area contributed by atoms with Crippen molar-refractivity contribution in [1.29, 1.82) is 0 Å². The van der Waals surface area contributed by atoms with E-state index in [1.165, 1.54) is 24.3 Å². The second-order valence-electron chi connectivity index (χ2n) is 3.44. The number of pyridine rings is 1. The van der Waals surface area contributed by atoms with Gasteiger partial charge in [0.25, 0.3) is 0 Å². The SMILES string of the molecule is O=Cc1ccc(-c2cc(Cl)c(Cl)cc2Cl)nc1F. The maximum Gasteiger partial charge on any atom is 0.224 e. The molecule has 0 aliphatic rings. The van der Waals surface area contributed by atoms with Crippen LogP contribution >= 0.6 is 34.8 Å². The van der Waals surface area contributed by atoms with Crippen LogP contribution in [0, 0.1) is 5.95 Å². The standard InChI is InChI=1S/C12H5Cl3FNO/c13-8-4-10(15)9(14)3-7(8)11-2-1-6(5-18)12(16)17-11/h1-5H. The number of carbonyl (C=O) groups excluding carboxylic acids is 1. The van der Waals surface area contributed by atoms with E-state index in [9.17, 15) is 9.18 Å². The Morgan fingerprint density at radius 2 is 1.72 bits per heavy atom. The summed E-state index contributed by atoms with van der Waals surface area (Å²) in [6, 6.07) is 5.75. The van der Waals surface area contributed by atoms with E-state index in [4.69, 9.17) is 34.8 Å². The summed E-state index contributed by atoms with van der Waals surface area (Å²) in [6.07, 6.45) is 0.391. The van der Waals surface area contributed by atoms with Crippen LogP contribution in [0.15, 0.2) is 24.3 Å². The summed E-state index contributed by atoms with van der Waals surface area (Å²) in [5, 5.41) is 0.892. The van der Waals surface area contributed by atoms with E-state index in [1.807, 2.05) is 0 Å². The van der Waals surface area contributed by atoms with E-state index in [2.05, 4.69) is 4.98 Å². The minimum Gasteiger partial charge on any atom is -0.298 e. The van der Waals surface area contributed by atoms with E-state index in [1.54, 1.807) is 0 Å². The number of aldehydes is 1. The molecule has 2 rings (SSSR count). The van der Waals surface area contributed by atoms with Gasteiger partial charge in [-0.3, -0.25) is 4.79 Å². The lowest BCUT2D eigenvalue weighted by molar-refractivity contribution is 0.111. The summed E-state index contributed by atoms with van der Waals surface area (Å²) in [4.78, 5) is 14.2. The Kier molecular flexibility index (Phi) is 3.85. The molecular weight excluding hydrogens is 299 g/mol. The molecular formula is C12H5Cl3FNO. The number of halogens is 4. The number of rotatable bonds is 2. The topological polar surface area (TPSA) is 30.0 Å². The molecule has 1 heterocycles. The van der Waals surface area contributed by atoms with Crippen LogP contribution in [0.3, 0.4) is 0 Å². The second kappa shape index (κ2) is 5.22. The zero-order chi connectivity index (χ0) is 13.3. The molecule has 0 saturated carbocycles. The Hall–Kier alpha value is -1.16. The Morgan fingerprint density at radius 1 is 1.06 bits per heavy atom. The van der Waals surface area contributed by atoms with Gasteiger partial charge in [-0.05, 0) is 24.3 Å². The minimum atomic E-state index is -0.857. The lowest BCUT2D eigenvalue weighted by Gasteiger charge is -2.06. The van der Waals surface area contributed by atoms with Crippen molar-refractivity contribution in [1.82, 2.24) is 4.98 Å². The molecule has 0 saturated heterocycles. The van der Waals surface area contributed by atoms with Gasteiger partial charge in [0.15, 0.2) is 6.29 Å². The molecule has 0 radical (unpaired) electrons. The molecule has 0 bridgehead atoms. The molecule has 0 atom stereocenters. The molecule has 0 spiro atoms. The quantitative estimate of drug-likeness (QED) is 0.459. The predicted molar refractivity (Wildman–Crippen MR) is 70.0 cm³/mol. The van der Waals surface area contributed by atoms with E-state index in [-0.39, 0.29) is 16.3 Å². The van der Waals surface area contributed by atoms with Gasteiger partial charge in [-0.2, -0.15) is 4.39 Å². The Morgan fingerprint density at radius 3 is 2.33 bits per heavy atom. The van der Waals surface area contributed by atoms with Gasteiger partial charge in [0.2, 0.25) is 5.95 Å². The first-order valence-corrected chi connectivity index (χ1v) is 5.93. The summed E-state index contributed by atoms with van der Waals surface area (Å²) < 4.78 is 13.4. The van der Waals surface area contributed by atoms with Crippen molar-refractivity contribution in [3.05, 3.63) is 50.8 Å². The number of benzene rings is 1. The van der Waals surface area contributed by atoms with Crippen molar-refractivity contribution in [2.45, 2.75) is 0 Å². The number of hydrogen-bond acceptors (Lipinski definition) is 2. The van der Waals surface area contributed by atoms with Gasteiger partial charge >= 0.3 is 0 Å². The molecule has 0 N–H and O–H groups in total. The number of hydrogen-bond donors (Lipinski definition) is 0. The largest absolute Gasteiger partial charge is 0.298 e. The van der Waals surface area contributed by atoms with E-state index >= 15 is 0 Å². The van der Waals surface area contributed by atoms with Gasteiger partial charge in [0, 0.05) is 5.56 Å². The maximum atomic E-state index is 13.4. The average Bonchev–Trinajstić information content (AvgIpc) is 2.33. The van der Waals surface area contributed by atoms with Crippen LogP contribution in [0.5, 0.6) is 0 Å². The van der Waals surface area contributed by atoms with Gasteiger partial charge in [0.1, 0.15) is 0 Å². The molecule has 6 heteroatoms. The van der Waals surface area contributed by atoms with Crippen molar-refractivity contribution in [3.8, 4) is 11.3 Å². The van der Waals surface area contributed by atoms with Crippen LogP contribution in [0.2, 0.25) is 15.1 Å². The Bertz CT molecular complexity index is 631. The number of nitrogens with zero attached hydrogens (tertiary/aromatic N) is 1. The number of carbonyl (C=O) groups is 1. The zero-order valence-corrected chi connectivity index (χ0v) is 11.0. The van der Waals surface area contributed by atoms with Gasteiger partial charge in [0.05, 0.1) is 26.3 Å². The smallest absolute Gasteiger partial charge is 0.224 e. The molecule has 1 aromatic carbocycles. The van der Waals surface area contributed by atoms with Gasteiger partial charge in [-0.25, -0.2) is 4.98 Å². The van der Waals surface area contributed by atoms with Crippen LogP contribution in [0.4, 0.5) is 4.39 Å². The molecule has 2 aromatic rings. The second-order valence-corrected chi connectivity index (χ2v) is 4.66. The van der Waals surface area contributed by atoms with Crippen LogP contribution in [0.1, 0.15) is 10.4 Å². The molecule has 0 fully saturated rings. The summed E-state index contributed by atoms with van der Waals surface area (Å²) in [6.45, 7) is 0. The molecule has 2 nitrogen and oxygen atoms in total. The highest BCUT2D eigenvalue weighted by Gasteiger charge is 2.11. The van der Waals surface area contributed by atoms with Crippen molar-refractivity contribution in [2.24, 2.45) is 0 Å². The lowest BCUT2D eigenvalue weighted by atomic mass is 10.1. The molecule has 0 aliphatic heterocycles. The monoisotopic (exact) mass is 303 g/mol. The maximum absolute atomic E-state index is 13.4. The lowest BCUT2D eigenvalue weighted by Crippen LogP contribution is -1.94. The summed E-state index contributed by atoms with van der Waals surface area (Å²) in [7, 11) is 0. The van der Waals surface area contributed by atoms with Gasteiger partial charge in [-0.1, -0.05) is 34.8 Å². The Labute approximate surface area is 117 Å². The molecule has 18 heavy (non-hydrogen) atoms. The minimum absolute atomic E-state index is 0.116. The molecule has 92 valence electrons. The zero-order valence-electron chi connectivity index (χ0n) is 8.75. The first-order chi connectivity index (χ1) is 8.52. The van der Waals surface area contributed by atoms with Gasteiger partial charge in [-0.15, -0.1) is 0 Å². The fourth-order valence-electron chi connectivity index (χ4n) is 1.40. The van der Waals surface area contributed by atoms with Crippen molar-refractivity contribution >= 4 is 41.1 Å². The van der Waals surface area contributed by atoms with E-state index in [0.717, 1.165) is 0 Å². The van der Waals surface area contributed by atoms with Crippen molar-refractivity contribution < 1.29 is 9.18 Å². The van der Waals surface area contributed by atoms with E-state index in [0.29, 0.717) is 21.9 Å². The number of aromatic nitrogens is 1. The highest BCUT2D eigenvalue weighted by molar-refractivity contribution is 6.44. The summed E-state index contributed by atoms with van der Waals surface area (Å²) in [5.74, 6) is -0.857. The Balaban J connectivity index is 2.58. The molecule has 0 aliphatic carbocycles. The average molecular weight is 305 g/mol. The fraction of sp³-hybridized carbons (Fsp3) is 0. The molecule has 1 aromatic heterocycles. The van der Waals surface area contributed by atoms with Crippen LogP contribution in [-0.2, 0) is 0 Å². The summed E-state index contributed by atoms with van der Waals surface area (Å²) >= 11 is 17.6. The molecule has 0 unspecified atom stereocenters. The first-order valence-electron chi connectivity index (χ1n) is 4.79. The summed E-state index contributed by atoms with van der Waals surface area (Å²) in [5.41, 5.74) is 0.610. The van der Waals surface area contributed by atoms with E-state index < -0.39 is 5.95 Å². The fourth-order valence-corrected chi connectivity index (χ4v) is 2.05. The van der Waals surface area contributed by atoms with Crippen LogP contribution in [0.25, 0.3) is 11.3 Å². The third-order valence-corrected chi connectivity index (χ3v) is 3.33. The van der Waals surface area contributed by atoms with Crippen molar-refractivity contribution in [3.63, 3.8) is 0 Å². The van der Waals surface area contributed by atoms with Crippen LogP contribution < -0.4 is 0 Å². The normalized spacial score (nSPS) is 10.4.